The minimum absolute atomic E-state index is 0.0834. The van der Waals surface area contributed by atoms with E-state index in [1.807, 2.05) is 35.4 Å². The van der Waals surface area contributed by atoms with Gasteiger partial charge in [-0.05, 0) is 13.0 Å². The molecule has 0 saturated carbocycles. The van der Waals surface area contributed by atoms with Crippen LogP contribution in [0.4, 0.5) is 0 Å². The fourth-order valence-corrected chi connectivity index (χ4v) is 3.82. The second-order valence-electron chi connectivity index (χ2n) is 5.06. The Kier molecular flexibility index (Phi) is 4.10. The third kappa shape index (κ3) is 2.50. The van der Waals surface area contributed by atoms with Gasteiger partial charge in [0.2, 0.25) is 0 Å². The number of amides is 1. The lowest BCUT2D eigenvalue weighted by Crippen LogP contribution is -2.51. The van der Waals surface area contributed by atoms with Crippen LogP contribution in [0.3, 0.4) is 0 Å². The molecule has 0 spiro atoms. The average Bonchev–Trinajstić information content (AvgIpc) is 2.91. The van der Waals surface area contributed by atoms with Gasteiger partial charge >= 0.3 is 0 Å². The molecule has 1 aliphatic rings. The molecule has 2 atom stereocenters. The number of halogens is 1. The molecular weight excluding hydrogens is 338 g/mol. The fourth-order valence-electron chi connectivity index (χ4n) is 2.49. The summed E-state index contributed by atoms with van der Waals surface area (Å²) in [5.41, 5.74) is 0.813. The van der Waals surface area contributed by atoms with E-state index in [1.165, 1.54) is 0 Å². The van der Waals surface area contributed by atoms with E-state index in [4.69, 9.17) is 4.74 Å². The SMILES string of the molecule is CC1COC(CBr)CN1C(=O)c1csc2ccccc12. The molecule has 1 aromatic heterocycles. The molecule has 20 heavy (non-hydrogen) atoms. The van der Waals surface area contributed by atoms with Crippen LogP contribution >= 0.6 is 27.3 Å². The van der Waals surface area contributed by atoms with Crippen LogP contribution in [-0.2, 0) is 4.74 Å². The van der Waals surface area contributed by atoms with Gasteiger partial charge in [-0.2, -0.15) is 0 Å². The molecule has 1 fully saturated rings. The summed E-state index contributed by atoms with van der Waals surface area (Å²) in [5, 5.41) is 3.78. The lowest BCUT2D eigenvalue weighted by atomic mass is 10.1. The van der Waals surface area contributed by atoms with Gasteiger partial charge in [-0.3, -0.25) is 4.79 Å². The van der Waals surface area contributed by atoms with Crippen molar-refractivity contribution in [2.24, 2.45) is 0 Å². The minimum atomic E-state index is 0.0834. The molecule has 1 saturated heterocycles. The first-order chi connectivity index (χ1) is 9.70. The Morgan fingerprint density at radius 1 is 1.50 bits per heavy atom. The smallest absolute Gasteiger partial charge is 0.255 e. The largest absolute Gasteiger partial charge is 0.373 e. The maximum atomic E-state index is 12.8. The maximum Gasteiger partial charge on any atom is 0.255 e. The number of benzene rings is 1. The van der Waals surface area contributed by atoms with Crippen LogP contribution in [0.15, 0.2) is 29.6 Å². The number of alkyl halides is 1. The van der Waals surface area contributed by atoms with Gasteiger partial charge in [0.05, 0.1) is 24.3 Å². The van der Waals surface area contributed by atoms with E-state index < -0.39 is 0 Å². The molecule has 1 aliphatic heterocycles. The Balaban J connectivity index is 1.91. The van der Waals surface area contributed by atoms with Gasteiger partial charge in [0.1, 0.15) is 0 Å². The zero-order valence-corrected chi connectivity index (χ0v) is 13.6. The van der Waals surface area contributed by atoms with Gasteiger partial charge in [0.15, 0.2) is 0 Å². The molecule has 1 amide bonds. The quantitative estimate of drug-likeness (QED) is 0.773. The molecule has 0 aliphatic carbocycles. The lowest BCUT2D eigenvalue weighted by Gasteiger charge is -2.37. The molecule has 2 unspecified atom stereocenters. The van der Waals surface area contributed by atoms with E-state index in [9.17, 15) is 4.79 Å². The number of hydrogen-bond acceptors (Lipinski definition) is 3. The standard InChI is InChI=1S/C15H16BrNO2S/c1-10-8-19-11(6-16)7-17(10)15(18)13-9-20-14-5-3-2-4-12(13)14/h2-5,9-11H,6-8H2,1H3. The molecule has 2 aromatic rings. The molecule has 3 rings (SSSR count). The van der Waals surface area contributed by atoms with Gasteiger partial charge in [-0.15, -0.1) is 11.3 Å². The van der Waals surface area contributed by atoms with Crippen molar-refractivity contribution in [1.29, 1.82) is 0 Å². The zero-order chi connectivity index (χ0) is 14.1. The second kappa shape index (κ2) is 5.84. The van der Waals surface area contributed by atoms with Gasteiger partial charge in [-0.1, -0.05) is 34.1 Å². The summed E-state index contributed by atoms with van der Waals surface area (Å²) in [6.07, 6.45) is 0.0834. The first-order valence-corrected chi connectivity index (χ1v) is 8.65. The number of hydrogen-bond donors (Lipinski definition) is 0. The van der Waals surface area contributed by atoms with E-state index in [-0.39, 0.29) is 18.1 Å². The molecule has 1 aromatic carbocycles. The zero-order valence-electron chi connectivity index (χ0n) is 11.2. The third-order valence-corrected chi connectivity index (χ3v) is 5.34. The van der Waals surface area contributed by atoms with Crippen molar-refractivity contribution < 1.29 is 9.53 Å². The van der Waals surface area contributed by atoms with Crippen LogP contribution in [0.2, 0.25) is 0 Å². The molecule has 5 heteroatoms. The highest BCUT2D eigenvalue weighted by Gasteiger charge is 2.30. The van der Waals surface area contributed by atoms with Crippen LogP contribution in [0.1, 0.15) is 17.3 Å². The molecule has 0 radical (unpaired) electrons. The van der Waals surface area contributed by atoms with Crippen molar-refractivity contribution in [2.75, 3.05) is 18.5 Å². The summed E-state index contributed by atoms with van der Waals surface area (Å²) < 4.78 is 6.85. The van der Waals surface area contributed by atoms with E-state index in [1.54, 1.807) is 11.3 Å². The first-order valence-electron chi connectivity index (χ1n) is 6.65. The van der Waals surface area contributed by atoms with E-state index in [0.717, 1.165) is 21.0 Å². The molecular formula is C15H16BrNO2S. The number of thiophene rings is 1. The minimum Gasteiger partial charge on any atom is -0.373 e. The summed E-state index contributed by atoms with van der Waals surface area (Å²) in [6, 6.07) is 8.19. The van der Waals surface area contributed by atoms with E-state index in [2.05, 4.69) is 22.0 Å². The van der Waals surface area contributed by atoms with Crippen molar-refractivity contribution in [3.63, 3.8) is 0 Å². The summed E-state index contributed by atoms with van der Waals surface area (Å²) in [6.45, 7) is 3.29. The maximum absolute atomic E-state index is 12.8. The summed E-state index contributed by atoms with van der Waals surface area (Å²) in [7, 11) is 0. The Morgan fingerprint density at radius 2 is 2.30 bits per heavy atom. The Bertz CT molecular complexity index is 627. The average molecular weight is 354 g/mol. The number of carbonyl (C=O) groups is 1. The van der Waals surface area contributed by atoms with Crippen molar-refractivity contribution in [2.45, 2.75) is 19.1 Å². The van der Waals surface area contributed by atoms with Crippen LogP contribution in [0.5, 0.6) is 0 Å². The second-order valence-corrected chi connectivity index (χ2v) is 6.62. The van der Waals surface area contributed by atoms with E-state index in [0.29, 0.717) is 13.2 Å². The summed E-state index contributed by atoms with van der Waals surface area (Å²) in [5.74, 6) is 0.115. The van der Waals surface area contributed by atoms with Crippen LogP contribution in [-0.4, -0.2) is 41.4 Å². The molecule has 3 nitrogen and oxygen atoms in total. The Labute approximate surface area is 130 Å². The predicted molar refractivity (Wildman–Crippen MR) is 85.9 cm³/mol. The lowest BCUT2D eigenvalue weighted by molar-refractivity contribution is -0.0360. The van der Waals surface area contributed by atoms with Gasteiger partial charge in [-0.25, -0.2) is 0 Å². The highest BCUT2D eigenvalue weighted by molar-refractivity contribution is 9.09. The van der Waals surface area contributed by atoms with Crippen molar-refractivity contribution in [3.8, 4) is 0 Å². The third-order valence-electron chi connectivity index (χ3n) is 3.65. The van der Waals surface area contributed by atoms with Gasteiger partial charge in [0, 0.05) is 27.3 Å². The van der Waals surface area contributed by atoms with Gasteiger partial charge < -0.3 is 9.64 Å². The number of fused-ring (bicyclic) bond motifs is 1. The fraction of sp³-hybridized carbons (Fsp3) is 0.400. The Morgan fingerprint density at radius 3 is 3.10 bits per heavy atom. The molecule has 0 bridgehead atoms. The number of ether oxygens (including phenoxy) is 1. The van der Waals surface area contributed by atoms with Crippen LogP contribution < -0.4 is 0 Å². The normalized spacial score (nSPS) is 23.2. The topological polar surface area (TPSA) is 29.5 Å². The Hall–Kier alpha value is -0.910. The van der Waals surface area contributed by atoms with Crippen molar-refractivity contribution in [3.05, 3.63) is 35.2 Å². The van der Waals surface area contributed by atoms with Crippen LogP contribution in [0, 0.1) is 0 Å². The summed E-state index contributed by atoms with van der Waals surface area (Å²) in [4.78, 5) is 14.7. The molecule has 0 N–H and O–H groups in total. The first kappa shape index (κ1) is 14.0. The number of rotatable bonds is 2. The monoisotopic (exact) mass is 353 g/mol. The molecule has 106 valence electrons. The number of nitrogens with zero attached hydrogens (tertiary/aromatic N) is 1. The number of carbonyl (C=O) groups excluding carboxylic acids is 1. The summed E-state index contributed by atoms with van der Waals surface area (Å²) >= 11 is 5.06. The molecule has 2 heterocycles. The highest BCUT2D eigenvalue weighted by Crippen LogP contribution is 2.28. The van der Waals surface area contributed by atoms with E-state index >= 15 is 0 Å². The number of morpholine rings is 1. The highest BCUT2D eigenvalue weighted by atomic mass is 79.9. The van der Waals surface area contributed by atoms with Crippen LogP contribution in [0.25, 0.3) is 10.1 Å². The van der Waals surface area contributed by atoms with Gasteiger partial charge in [0.25, 0.3) is 5.91 Å². The predicted octanol–water partition coefficient (Wildman–Crippen LogP) is 3.53. The van der Waals surface area contributed by atoms with Crippen molar-refractivity contribution in [1.82, 2.24) is 4.90 Å². The van der Waals surface area contributed by atoms with Crippen molar-refractivity contribution >= 4 is 43.3 Å².